The molecule has 1 heterocycles. The summed E-state index contributed by atoms with van der Waals surface area (Å²) in [7, 11) is 0. The number of carbonyl (C=O) groups excluding carboxylic acids is 1. The molecule has 26 heavy (non-hydrogen) atoms. The lowest BCUT2D eigenvalue weighted by Crippen LogP contribution is -2.54. The average molecular weight is 364 g/mol. The maximum absolute atomic E-state index is 12.7. The summed E-state index contributed by atoms with van der Waals surface area (Å²) in [6.45, 7) is 12.0. The highest BCUT2D eigenvalue weighted by molar-refractivity contribution is 5.78. The van der Waals surface area contributed by atoms with Crippen molar-refractivity contribution in [2.45, 2.75) is 90.6 Å². The number of amides is 1. The van der Waals surface area contributed by atoms with E-state index in [0.717, 1.165) is 38.6 Å². The fourth-order valence-corrected chi connectivity index (χ4v) is 5.53. The molecule has 1 aliphatic heterocycles. The summed E-state index contributed by atoms with van der Waals surface area (Å²) in [5.74, 6) is 0.862. The molecule has 0 aromatic heterocycles. The molecule has 0 bridgehead atoms. The lowest BCUT2D eigenvalue weighted by molar-refractivity contribution is -0.124. The van der Waals surface area contributed by atoms with E-state index in [1.807, 2.05) is 0 Å². The van der Waals surface area contributed by atoms with E-state index >= 15 is 0 Å². The third-order valence-corrected chi connectivity index (χ3v) is 7.09. The molecule has 0 aromatic carbocycles. The minimum absolute atomic E-state index is 0.247. The summed E-state index contributed by atoms with van der Waals surface area (Å²) in [5.41, 5.74) is 0.282. The van der Waals surface area contributed by atoms with Crippen LogP contribution in [0.1, 0.15) is 78.6 Å². The first-order chi connectivity index (χ1) is 12.4. The lowest BCUT2D eigenvalue weighted by atomic mass is 9.69. The number of nitrogens with one attached hydrogen (secondary N) is 1. The van der Waals surface area contributed by atoms with E-state index in [1.54, 1.807) is 0 Å². The van der Waals surface area contributed by atoms with E-state index < -0.39 is 0 Å². The Labute approximate surface area is 161 Å². The van der Waals surface area contributed by atoms with E-state index in [0.29, 0.717) is 18.5 Å². The van der Waals surface area contributed by atoms with Gasteiger partial charge in [0.25, 0.3) is 0 Å². The van der Waals surface area contributed by atoms with Crippen LogP contribution in [0.15, 0.2) is 0 Å². The zero-order valence-corrected chi connectivity index (χ0v) is 17.4. The van der Waals surface area contributed by atoms with Gasteiger partial charge in [0.2, 0.25) is 5.91 Å². The van der Waals surface area contributed by atoms with E-state index in [4.69, 9.17) is 0 Å². The molecule has 0 unspecified atom stereocenters. The van der Waals surface area contributed by atoms with Crippen molar-refractivity contribution in [1.29, 1.82) is 0 Å². The van der Waals surface area contributed by atoms with Crippen LogP contribution >= 0.6 is 0 Å². The predicted molar refractivity (Wildman–Crippen MR) is 108 cm³/mol. The van der Waals surface area contributed by atoms with Crippen LogP contribution in [0.2, 0.25) is 0 Å². The molecule has 2 aliphatic carbocycles. The summed E-state index contributed by atoms with van der Waals surface area (Å²) in [6, 6.07) is 1.19. The van der Waals surface area contributed by atoms with Gasteiger partial charge in [-0.3, -0.25) is 14.6 Å². The van der Waals surface area contributed by atoms with Gasteiger partial charge in [-0.2, -0.15) is 0 Å². The number of rotatable bonds is 4. The molecule has 3 fully saturated rings. The molecular formula is C22H41N3O. The zero-order chi connectivity index (χ0) is 18.6. The number of hydrogen-bond donors (Lipinski definition) is 1. The Hall–Kier alpha value is -0.610. The van der Waals surface area contributed by atoms with Gasteiger partial charge in [0.15, 0.2) is 0 Å². The third kappa shape index (κ3) is 5.45. The molecule has 1 N–H and O–H groups in total. The second-order valence-electron chi connectivity index (χ2n) is 10.0. The Morgan fingerprint density at radius 1 is 0.885 bits per heavy atom. The van der Waals surface area contributed by atoms with Gasteiger partial charge < -0.3 is 5.32 Å². The molecule has 3 rings (SSSR count). The molecule has 2 atom stereocenters. The molecule has 150 valence electrons. The van der Waals surface area contributed by atoms with Crippen molar-refractivity contribution < 1.29 is 4.79 Å². The summed E-state index contributed by atoms with van der Waals surface area (Å²) >= 11 is 0. The zero-order valence-electron chi connectivity index (χ0n) is 17.4. The van der Waals surface area contributed by atoms with Crippen LogP contribution in [0, 0.1) is 11.3 Å². The highest BCUT2D eigenvalue weighted by Crippen LogP contribution is 2.38. The maximum Gasteiger partial charge on any atom is 0.234 e. The molecule has 0 aromatic rings. The number of nitrogens with zero attached hydrogens (tertiary/aromatic N) is 2. The van der Waals surface area contributed by atoms with Crippen LogP contribution in [-0.2, 0) is 4.79 Å². The standard InChI is InChI=1S/C22H41N3O/c1-22(2,3)19-11-7-8-12-20(19)23-21(26)17-24-13-15-25(16-14-24)18-9-5-4-6-10-18/h18-20H,4-17H2,1-3H3,(H,23,26)/t19-,20-/m0/s1. The Morgan fingerprint density at radius 2 is 1.50 bits per heavy atom. The van der Waals surface area contributed by atoms with Gasteiger partial charge in [-0.25, -0.2) is 0 Å². The third-order valence-electron chi connectivity index (χ3n) is 7.09. The Morgan fingerprint density at radius 3 is 2.15 bits per heavy atom. The molecule has 1 saturated heterocycles. The van der Waals surface area contributed by atoms with Crippen molar-refractivity contribution in [2.24, 2.45) is 11.3 Å². The summed E-state index contributed by atoms with van der Waals surface area (Å²) in [6.07, 6.45) is 12.0. The first-order valence-electron chi connectivity index (χ1n) is 11.2. The SMILES string of the molecule is CC(C)(C)[C@H]1CCCC[C@@H]1NC(=O)CN1CCN(C2CCCCC2)CC1. The van der Waals surface area contributed by atoms with Crippen molar-refractivity contribution >= 4 is 5.91 Å². The number of piperazine rings is 1. The fourth-order valence-electron chi connectivity index (χ4n) is 5.53. The van der Waals surface area contributed by atoms with E-state index in [2.05, 4.69) is 35.9 Å². The molecule has 0 radical (unpaired) electrons. The van der Waals surface area contributed by atoms with Crippen LogP contribution in [0.5, 0.6) is 0 Å². The summed E-state index contributed by atoms with van der Waals surface area (Å²) < 4.78 is 0. The van der Waals surface area contributed by atoms with Gasteiger partial charge in [-0.15, -0.1) is 0 Å². The van der Waals surface area contributed by atoms with Gasteiger partial charge in [0.05, 0.1) is 6.54 Å². The summed E-state index contributed by atoms with van der Waals surface area (Å²) in [4.78, 5) is 17.7. The second-order valence-corrected chi connectivity index (χ2v) is 10.0. The number of hydrogen-bond acceptors (Lipinski definition) is 3. The quantitative estimate of drug-likeness (QED) is 0.828. The monoisotopic (exact) mass is 363 g/mol. The van der Waals surface area contributed by atoms with Gasteiger partial charge in [0, 0.05) is 38.3 Å². The Balaban J connectivity index is 1.42. The normalized spacial score (nSPS) is 30.3. The second kappa shape index (κ2) is 9.05. The van der Waals surface area contributed by atoms with Gasteiger partial charge in [0.1, 0.15) is 0 Å². The Kier molecular flexibility index (Phi) is 7.01. The molecule has 0 spiro atoms. The minimum Gasteiger partial charge on any atom is -0.352 e. The molecule has 2 saturated carbocycles. The van der Waals surface area contributed by atoms with E-state index in [1.165, 1.54) is 51.4 Å². The highest BCUT2D eigenvalue weighted by Gasteiger charge is 2.35. The van der Waals surface area contributed by atoms with Crippen molar-refractivity contribution in [2.75, 3.05) is 32.7 Å². The first kappa shape index (κ1) is 20.1. The van der Waals surface area contributed by atoms with Crippen LogP contribution < -0.4 is 5.32 Å². The van der Waals surface area contributed by atoms with Crippen molar-refractivity contribution in [3.8, 4) is 0 Å². The predicted octanol–water partition coefficient (Wildman–Crippen LogP) is 3.66. The van der Waals surface area contributed by atoms with Gasteiger partial charge in [-0.05, 0) is 37.0 Å². The topological polar surface area (TPSA) is 35.6 Å². The molecule has 4 heteroatoms. The van der Waals surface area contributed by atoms with Crippen LogP contribution in [0.3, 0.4) is 0 Å². The van der Waals surface area contributed by atoms with Gasteiger partial charge in [-0.1, -0.05) is 52.9 Å². The van der Waals surface area contributed by atoms with E-state index in [9.17, 15) is 4.79 Å². The highest BCUT2D eigenvalue weighted by atomic mass is 16.2. The molecule has 1 amide bonds. The lowest BCUT2D eigenvalue weighted by Gasteiger charge is -2.42. The van der Waals surface area contributed by atoms with Crippen molar-refractivity contribution in [1.82, 2.24) is 15.1 Å². The Bertz CT molecular complexity index is 445. The van der Waals surface area contributed by atoms with Gasteiger partial charge >= 0.3 is 0 Å². The van der Waals surface area contributed by atoms with Crippen molar-refractivity contribution in [3.63, 3.8) is 0 Å². The minimum atomic E-state index is 0.247. The molecular weight excluding hydrogens is 322 g/mol. The molecule has 3 aliphatic rings. The first-order valence-corrected chi connectivity index (χ1v) is 11.2. The average Bonchev–Trinajstić information content (AvgIpc) is 2.62. The van der Waals surface area contributed by atoms with E-state index in [-0.39, 0.29) is 11.3 Å². The fraction of sp³-hybridized carbons (Fsp3) is 0.955. The van der Waals surface area contributed by atoms with Crippen LogP contribution in [0.25, 0.3) is 0 Å². The summed E-state index contributed by atoms with van der Waals surface area (Å²) in [5, 5.41) is 3.40. The molecule has 4 nitrogen and oxygen atoms in total. The number of carbonyl (C=O) groups is 1. The van der Waals surface area contributed by atoms with Crippen molar-refractivity contribution in [3.05, 3.63) is 0 Å². The van der Waals surface area contributed by atoms with Crippen LogP contribution in [0.4, 0.5) is 0 Å². The largest absolute Gasteiger partial charge is 0.352 e. The smallest absolute Gasteiger partial charge is 0.234 e. The maximum atomic E-state index is 12.7. The van der Waals surface area contributed by atoms with Crippen LogP contribution in [-0.4, -0.2) is 60.5 Å².